The van der Waals surface area contributed by atoms with E-state index in [2.05, 4.69) is 5.32 Å². The molecule has 1 heterocycles. The molecule has 14 heavy (non-hydrogen) atoms. The quantitative estimate of drug-likeness (QED) is 0.471. The van der Waals surface area contributed by atoms with Crippen LogP contribution in [0.5, 0.6) is 0 Å². The highest BCUT2D eigenvalue weighted by atomic mass is 16.6. The number of esters is 1. The van der Waals surface area contributed by atoms with Crippen LogP contribution in [0.15, 0.2) is 0 Å². The van der Waals surface area contributed by atoms with E-state index in [9.17, 15) is 4.79 Å². The lowest BCUT2D eigenvalue weighted by Crippen LogP contribution is -2.50. The van der Waals surface area contributed by atoms with Gasteiger partial charge in [0.25, 0.3) is 0 Å². The SMILES string of the molecule is CC(C)(C)OC(=O)[C@H]1NC[C@H](N)[C@@H]1N. The van der Waals surface area contributed by atoms with Gasteiger partial charge >= 0.3 is 5.97 Å². The van der Waals surface area contributed by atoms with Crippen LogP contribution in [0.4, 0.5) is 0 Å². The van der Waals surface area contributed by atoms with Crippen LogP contribution in [-0.2, 0) is 9.53 Å². The van der Waals surface area contributed by atoms with Crippen molar-refractivity contribution in [2.24, 2.45) is 11.5 Å². The van der Waals surface area contributed by atoms with Gasteiger partial charge in [0.2, 0.25) is 0 Å². The predicted molar refractivity (Wildman–Crippen MR) is 53.6 cm³/mol. The summed E-state index contributed by atoms with van der Waals surface area (Å²) in [7, 11) is 0. The molecule has 1 rings (SSSR count). The molecule has 0 radical (unpaired) electrons. The topological polar surface area (TPSA) is 90.4 Å². The maximum Gasteiger partial charge on any atom is 0.325 e. The number of rotatable bonds is 1. The molecule has 1 saturated heterocycles. The van der Waals surface area contributed by atoms with Crippen LogP contribution in [0, 0.1) is 0 Å². The fraction of sp³-hybridized carbons (Fsp3) is 0.889. The Hall–Kier alpha value is -0.650. The zero-order valence-electron chi connectivity index (χ0n) is 8.91. The molecule has 0 amide bonds. The van der Waals surface area contributed by atoms with Gasteiger partial charge in [0.05, 0.1) is 0 Å². The number of nitrogens with two attached hydrogens (primary N) is 2. The number of ether oxygens (including phenoxy) is 1. The van der Waals surface area contributed by atoms with Crippen molar-refractivity contribution < 1.29 is 9.53 Å². The first kappa shape index (κ1) is 11.4. The molecular weight excluding hydrogens is 182 g/mol. The second-order valence-corrected chi connectivity index (χ2v) is 4.66. The van der Waals surface area contributed by atoms with Gasteiger partial charge in [0.1, 0.15) is 11.6 Å². The van der Waals surface area contributed by atoms with Crippen LogP contribution in [0.2, 0.25) is 0 Å². The molecule has 0 aromatic heterocycles. The summed E-state index contributed by atoms with van der Waals surface area (Å²) in [5.74, 6) is -0.321. The van der Waals surface area contributed by atoms with Gasteiger partial charge in [-0.25, -0.2) is 0 Å². The molecule has 0 bridgehead atoms. The Kier molecular flexibility index (Phi) is 3.14. The van der Waals surface area contributed by atoms with E-state index in [0.29, 0.717) is 6.54 Å². The van der Waals surface area contributed by atoms with E-state index in [-0.39, 0.29) is 18.1 Å². The first-order valence-corrected chi connectivity index (χ1v) is 4.78. The number of hydrogen-bond acceptors (Lipinski definition) is 5. The fourth-order valence-corrected chi connectivity index (χ4v) is 1.39. The Morgan fingerprint density at radius 1 is 1.43 bits per heavy atom. The van der Waals surface area contributed by atoms with E-state index in [0.717, 1.165) is 0 Å². The Morgan fingerprint density at radius 2 is 2.00 bits per heavy atom. The smallest absolute Gasteiger partial charge is 0.325 e. The van der Waals surface area contributed by atoms with Gasteiger partial charge in [-0.1, -0.05) is 0 Å². The zero-order valence-corrected chi connectivity index (χ0v) is 8.91. The van der Waals surface area contributed by atoms with E-state index >= 15 is 0 Å². The first-order valence-electron chi connectivity index (χ1n) is 4.78. The minimum absolute atomic E-state index is 0.174. The Labute approximate surface area is 84.2 Å². The summed E-state index contributed by atoms with van der Waals surface area (Å²) >= 11 is 0. The Balaban J connectivity index is 2.54. The Morgan fingerprint density at radius 3 is 2.36 bits per heavy atom. The van der Waals surface area contributed by atoms with Gasteiger partial charge in [-0.15, -0.1) is 0 Å². The van der Waals surface area contributed by atoms with E-state index in [4.69, 9.17) is 16.2 Å². The number of carbonyl (C=O) groups excluding carboxylic acids is 1. The summed E-state index contributed by atoms with van der Waals surface area (Å²) in [6.07, 6.45) is 0. The van der Waals surface area contributed by atoms with Crippen molar-refractivity contribution >= 4 is 5.97 Å². The number of carbonyl (C=O) groups is 1. The van der Waals surface area contributed by atoms with Crippen LogP contribution in [0.3, 0.4) is 0 Å². The fourth-order valence-electron chi connectivity index (χ4n) is 1.39. The molecule has 0 aromatic carbocycles. The van der Waals surface area contributed by atoms with Crippen LogP contribution in [0.1, 0.15) is 20.8 Å². The third-order valence-corrected chi connectivity index (χ3v) is 2.11. The maximum absolute atomic E-state index is 11.6. The summed E-state index contributed by atoms with van der Waals surface area (Å²) in [6.45, 7) is 6.03. The molecule has 0 aliphatic carbocycles. The highest BCUT2D eigenvalue weighted by Gasteiger charge is 2.38. The summed E-state index contributed by atoms with van der Waals surface area (Å²) in [5.41, 5.74) is 10.9. The molecule has 82 valence electrons. The monoisotopic (exact) mass is 201 g/mol. The van der Waals surface area contributed by atoms with E-state index in [1.165, 1.54) is 0 Å². The molecule has 0 saturated carbocycles. The number of nitrogens with one attached hydrogen (secondary N) is 1. The summed E-state index contributed by atoms with van der Waals surface area (Å²) in [6, 6.07) is -0.999. The molecule has 0 spiro atoms. The largest absolute Gasteiger partial charge is 0.459 e. The van der Waals surface area contributed by atoms with Crippen molar-refractivity contribution in [1.29, 1.82) is 0 Å². The van der Waals surface area contributed by atoms with Crippen molar-refractivity contribution in [3.8, 4) is 0 Å². The van der Waals surface area contributed by atoms with Crippen molar-refractivity contribution in [3.63, 3.8) is 0 Å². The second-order valence-electron chi connectivity index (χ2n) is 4.66. The molecule has 5 N–H and O–H groups in total. The Bertz CT molecular complexity index is 225. The minimum Gasteiger partial charge on any atom is -0.459 e. The molecule has 5 nitrogen and oxygen atoms in total. The lowest BCUT2D eigenvalue weighted by Gasteiger charge is -2.24. The molecule has 1 aliphatic heterocycles. The molecular formula is C9H19N3O2. The third kappa shape index (κ3) is 2.67. The molecule has 0 unspecified atom stereocenters. The highest BCUT2D eigenvalue weighted by molar-refractivity contribution is 5.77. The maximum atomic E-state index is 11.6. The van der Waals surface area contributed by atoms with Crippen LogP contribution in [0.25, 0.3) is 0 Å². The predicted octanol–water partition coefficient (Wildman–Crippen LogP) is -1.05. The van der Waals surface area contributed by atoms with Crippen LogP contribution in [-0.4, -0.2) is 36.2 Å². The molecule has 3 atom stereocenters. The summed E-state index contributed by atoms with van der Waals surface area (Å²) in [5, 5.41) is 2.95. The van der Waals surface area contributed by atoms with Gasteiger partial charge in [-0.3, -0.25) is 4.79 Å². The first-order chi connectivity index (χ1) is 6.31. The average molecular weight is 201 g/mol. The van der Waals surface area contributed by atoms with E-state index < -0.39 is 11.6 Å². The van der Waals surface area contributed by atoms with E-state index in [1.807, 2.05) is 20.8 Å². The standard InChI is InChI=1S/C9H19N3O2/c1-9(2,3)14-8(13)7-6(11)5(10)4-12-7/h5-7,12H,4,10-11H2,1-3H3/t5-,6-,7-/m0/s1. The van der Waals surface area contributed by atoms with Gasteiger partial charge in [-0.05, 0) is 20.8 Å². The average Bonchev–Trinajstić information content (AvgIpc) is 2.29. The molecule has 1 aliphatic rings. The molecule has 0 aromatic rings. The number of hydrogen-bond donors (Lipinski definition) is 3. The normalized spacial score (nSPS) is 33.1. The van der Waals surface area contributed by atoms with Crippen molar-refractivity contribution in [1.82, 2.24) is 5.32 Å². The third-order valence-electron chi connectivity index (χ3n) is 2.11. The summed E-state index contributed by atoms with van der Waals surface area (Å²) < 4.78 is 5.20. The lowest BCUT2D eigenvalue weighted by atomic mass is 10.1. The lowest BCUT2D eigenvalue weighted by molar-refractivity contribution is -0.157. The van der Waals surface area contributed by atoms with E-state index in [1.54, 1.807) is 0 Å². The van der Waals surface area contributed by atoms with Crippen LogP contribution < -0.4 is 16.8 Å². The van der Waals surface area contributed by atoms with Gasteiger partial charge in [0, 0.05) is 18.6 Å². The van der Waals surface area contributed by atoms with Crippen molar-refractivity contribution in [2.75, 3.05) is 6.54 Å². The van der Waals surface area contributed by atoms with Crippen molar-refractivity contribution in [2.45, 2.75) is 44.5 Å². The summed E-state index contributed by atoms with van der Waals surface area (Å²) in [4.78, 5) is 11.6. The minimum atomic E-state index is -0.481. The van der Waals surface area contributed by atoms with Gasteiger partial charge in [-0.2, -0.15) is 0 Å². The van der Waals surface area contributed by atoms with Crippen LogP contribution >= 0.6 is 0 Å². The zero-order chi connectivity index (χ0) is 10.9. The molecule has 5 heteroatoms. The van der Waals surface area contributed by atoms with Crippen molar-refractivity contribution in [3.05, 3.63) is 0 Å². The van der Waals surface area contributed by atoms with Gasteiger partial charge in [0.15, 0.2) is 0 Å². The molecule has 1 fully saturated rings. The second kappa shape index (κ2) is 3.84. The van der Waals surface area contributed by atoms with Gasteiger partial charge < -0.3 is 21.5 Å². The highest BCUT2D eigenvalue weighted by Crippen LogP contribution is 2.12.